The zero-order chi connectivity index (χ0) is 24.6. The van der Waals surface area contributed by atoms with E-state index in [0.29, 0.717) is 5.56 Å². The Hall–Kier alpha value is -3.55. The molecule has 6 nitrogen and oxygen atoms in total. The van der Waals surface area contributed by atoms with Gasteiger partial charge in [0.1, 0.15) is 11.7 Å². The number of hydrogen-bond donors (Lipinski definition) is 0. The van der Waals surface area contributed by atoms with Crippen LogP contribution < -0.4 is 4.90 Å². The SMILES string of the molecule is O=C1OC(=O)[C@H]2[C@H]1[C@H](c1cccc(F)c1)N(c1ccc(Cl)c(Cl)c1)C21C(=O)c2ccccc2C1=O. The third-order valence-electron chi connectivity index (χ3n) is 7.02. The lowest BCUT2D eigenvalue weighted by Gasteiger charge is -2.39. The fourth-order valence-electron chi connectivity index (χ4n) is 5.73. The number of cyclic esters (lactones) is 2. The number of ketones is 2. The van der Waals surface area contributed by atoms with Crippen LogP contribution in [0.3, 0.4) is 0 Å². The van der Waals surface area contributed by atoms with E-state index in [1.165, 1.54) is 47.4 Å². The first-order valence-corrected chi connectivity index (χ1v) is 11.5. The highest BCUT2D eigenvalue weighted by molar-refractivity contribution is 6.42. The molecule has 0 radical (unpaired) electrons. The molecule has 9 heteroatoms. The lowest BCUT2D eigenvalue weighted by molar-refractivity contribution is -0.154. The number of esters is 2. The predicted octanol–water partition coefficient (Wildman–Crippen LogP) is 4.83. The van der Waals surface area contributed by atoms with E-state index in [9.17, 15) is 23.6 Å². The highest BCUT2D eigenvalue weighted by Crippen LogP contribution is 2.60. The van der Waals surface area contributed by atoms with Crippen molar-refractivity contribution in [2.45, 2.75) is 11.6 Å². The van der Waals surface area contributed by atoms with Gasteiger partial charge in [0, 0.05) is 16.8 Å². The van der Waals surface area contributed by atoms with Crippen molar-refractivity contribution in [2.24, 2.45) is 11.8 Å². The normalized spacial score (nSPS) is 24.2. The molecule has 6 rings (SSSR count). The second kappa shape index (κ2) is 7.47. The van der Waals surface area contributed by atoms with E-state index < -0.39 is 52.7 Å². The van der Waals surface area contributed by atoms with Gasteiger partial charge in [0.2, 0.25) is 0 Å². The Morgan fingerprint density at radius 3 is 2.11 bits per heavy atom. The molecule has 3 aromatic rings. The average Bonchev–Trinajstić information content (AvgIpc) is 3.40. The minimum Gasteiger partial charge on any atom is -0.393 e. The molecule has 35 heavy (non-hydrogen) atoms. The van der Waals surface area contributed by atoms with Crippen LogP contribution in [0.5, 0.6) is 0 Å². The zero-order valence-electron chi connectivity index (χ0n) is 17.7. The Bertz CT molecular complexity index is 1450. The molecule has 1 spiro atoms. The highest BCUT2D eigenvalue weighted by Gasteiger charge is 2.76. The van der Waals surface area contributed by atoms with Crippen molar-refractivity contribution >= 4 is 52.4 Å². The second-order valence-corrected chi connectivity index (χ2v) is 9.50. The van der Waals surface area contributed by atoms with Gasteiger partial charge in [-0.2, -0.15) is 0 Å². The summed E-state index contributed by atoms with van der Waals surface area (Å²) in [5.41, 5.74) is -1.28. The van der Waals surface area contributed by atoms with Crippen molar-refractivity contribution in [1.82, 2.24) is 0 Å². The van der Waals surface area contributed by atoms with E-state index in [2.05, 4.69) is 0 Å². The molecule has 3 atom stereocenters. The van der Waals surface area contributed by atoms with Crippen LogP contribution in [-0.4, -0.2) is 29.0 Å². The van der Waals surface area contributed by atoms with Gasteiger partial charge in [-0.05, 0) is 35.9 Å². The molecule has 2 saturated heterocycles. The van der Waals surface area contributed by atoms with Crippen molar-refractivity contribution in [3.8, 4) is 0 Å². The third kappa shape index (κ3) is 2.76. The molecule has 0 unspecified atom stereocenters. The zero-order valence-corrected chi connectivity index (χ0v) is 19.2. The molecule has 2 aliphatic heterocycles. The molecule has 174 valence electrons. The predicted molar refractivity (Wildman–Crippen MR) is 124 cm³/mol. The summed E-state index contributed by atoms with van der Waals surface area (Å²) in [5, 5.41) is 0.368. The number of anilines is 1. The quantitative estimate of drug-likeness (QED) is 0.363. The van der Waals surface area contributed by atoms with Gasteiger partial charge in [0.25, 0.3) is 0 Å². The smallest absolute Gasteiger partial charge is 0.320 e. The first-order valence-electron chi connectivity index (χ1n) is 10.7. The van der Waals surface area contributed by atoms with Crippen LogP contribution in [0.25, 0.3) is 0 Å². The van der Waals surface area contributed by atoms with E-state index in [1.54, 1.807) is 24.3 Å². The average molecular weight is 510 g/mol. The number of hydrogen-bond acceptors (Lipinski definition) is 6. The number of carbonyl (C=O) groups is 4. The van der Waals surface area contributed by atoms with Crippen LogP contribution in [0.2, 0.25) is 10.0 Å². The molecule has 1 aliphatic carbocycles. The Morgan fingerprint density at radius 1 is 0.800 bits per heavy atom. The van der Waals surface area contributed by atoms with E-state index >= 15 is 0 Å². The van der Waals surface area contributed by atoms with E-state index in [0.717, 1.165) is 0 Å². The molecule has 2 heterocycles. The maximum atomic E-state index is 14.3. The van der Waals surface area contributed by atoms with Crippen molar-refractivity contribution in [2.75, 3.05) is 4.90 Å². The van der Waals surface area contributed by atoms with Crippen molar-refractivity contribution in [3.05, 3.63) is 99.3 Å². The van der Waals surface area contributed by atoms with Gasteiger partial charge in [-0.3, -0.25) is 19.2 Å². The minimum atomic E-state index is -2.12. The first kappa shape index (κ1) is 21.9. The number of halogens is 3. The summed E-state index contributed by atoms with van der Waals surface area (Å²) in [6.07, 6.45) is 0. The van der Waals surface area contributed by atoms with Crippen LogP contribution >= 0.6 is 23.2 Å². The maximum absolute atomic E-state index is 14.3. The fourth-order valence-corrected chi connectivity index (χ4v) is 6.02. The molecule has 2 fully saturated rings. The monoisotopic (exact) mass is 509 g/mol. The van der Waals surface area contributed by atoms with Gasteiger partial charge in [-0.25, -0.2) is 4.39 Å². The van der Waals surface area contributed by atoms with Gasteiger partial charge in [0.05, 0.1) is 22.0 Å². The Balaban J connectivity index is 1.70. The summed E-state index contributed by atoms with van der Waals surface area (Å²) in [6.45, 7) is 0. The molecule has 0 amide bonds. The molecular weight excluding hydrogens is 496 g/mol. The second-order valence-electron chi connectivity index (χ2n) is 8.68. The number of nitrogens with zero attached hydrogens (tertiary/aromatic N) is 1. The van der Waals surface area contributed by atoms with E-state index in [1.807, 2.05) is 0 Å². The molecular formula is C26H14Cl2FNO5. The van der Waals surface area contributed by atoms with Crippen LogP contribution in [0.15, 0.2) is 66.7 Å². The summed E-state index contributed by atoms with van der Waals surface area (Å²) in [4.78, 5) is 55.8. The standard InChI is InChI=1S/C26H14Cl2FNO5/c27-17-9-8-14(11-18(17)28)30-21(12-4-3-5-13(29)10-12)19-20(25(34)35-24(19)33)26(30)22(31)15-6-1-2-7-16(15)23(26)32/h1-11,19-21H/t19-,20+,21-/m0/s1. The van der Waals surface area contributed by atoms with Crippen LogP contribution in [0, 0.1) is 17.7 Å². The maximum Gasteiger partial charge on any atom is 0.320 e. The van der Waals surface area contributed by atoms with Gasteiger partial charge < -0.3 is 9.64 Å². The summed E-state index contributed by atoms with van der Waals surface area (Å²) in [5.74, 6) is -6.38. The lowest BCUT2D eigenvalue weighted by Crippen LogP contribution is -2.59. The molecule has 0 aromatic heterocycles. The summed E-state index contributed by atoms with van der Waals surface area (Å²) < 4.78 is 19.3. The number of rotatable bonds is 2. The highest BCUT2D eigenvalue weighted by atomic mass is 35.5. The fraction of sp³-hybridized carbons (Fsp3) is 0.154. The summed E-state index contributed by atoms with van der Waals surface area (Å²) >= 11 is 12.4. The van der Waals surface area contributed by atoms with Gasteiger partial charge in [0.15, 0.2) is 17.1 Å². The Labute approximate surface area is 208 Å². The number of ether oxygens (including phenoxy) is 1. The minimum absolute atomic E-state index is 0.133. The lowest BCUT2D eigenvalue weighted by atomic mass is 9.76. The van der Waals surface area contributed by atoms with Crippen LogP contribution in [0.4, 0.5) is 10.1 Å². The molecule has 0 bridgehead atoms. The van der Waals surface area contributed by atoms with Crippen molar-refractivity contribution in [1.29, 1.82) is 0 Å². The van der Waals surface area contributed by atoms with Crippen molar-refractivity contribution < 1.29 is 28.3 Å². The number of fused-ring (bicyclic) bond motifs is 3. The van der Waals surface area contributed by atoms with Gasteiger partial charge in [-0.1, -0.05) is 59.6 Å². The van der Waals surface area contributed by atoms with E-state index in [-0.39, 0.29) is 26.9 Å². The number of carbonyl (C=O) groups excluding carboxylic acids is 4. The van der Waals surface area contributed by atoms with Crippen molar-refractivity contribution in [3.63, 3.8) is 0 Å². The van der Waals surface area contributed by atoms with Gasteiger partial charge in [-0.15, -0.1) is 0 Å². The topological polar surface area (TPSA) is 80.8 Å². The van der Waals surface area contributed by atoms with Crippen LogP contribution in [-0.2, 0) is 14.3 Å². The van der Waals surface area contributed by atoms with E-state index in [4.69, 9.17) is 27.9 Å². The Morgan fingerprint density at radius 2 is 1.49 bits per heavy atom. The Kier molecular flexibility index (Phi) is 4.69. The van der Waals surface area contributed by atoms with Gasteiger partial charge >= 0.3 is 11.9 Å². The number of Topliss-reactive ketones (excluding diaryl/α,β-unsaturated/α-hetero) is 2. The number of benzene rings is 3. The summed E-state index contributed by atoms with van der Waals surface area (Å²) in [7, 11) is 0. The third-order valence-corrected chi connectivity index (χ3v) is 7.75. The molecule has 0 saturated carbocycles. The van der Waals surface area contributed by atoms with Crippen LogP contribution in [0.1, 0.15) is 32.3 Å². The molecule has 3 aliphatic rings. The molecule has 0 N–H and O–H groups in total. The first-order chi connectivity index (χ1) is 16.8. The summed E-state index contributed by atoms with van der Waals surface area (Å²) in [6, 6.07) is 15.1. The largest absolute Gasteiger partial charge is 0.393 e. The molecule has 3 aromatic carbocycles.